The number of halogens is 1. The molecule has 0 spiro atoms. The highest BCUT2D eigenvalue weighted by molar-refractivity contribution is 6.41. The quantitative estimate of drug-likeness (QED) is 0.0930. The summed E-state index contributed by atoms with van der Waals surface area (Å²) in [5.74, 6) is -4.07. The number of nitrogens with one attached hydrogen (secondary N) is 2. The second kappa shape index (κ2) is 13.4. The van der Waals surface area contributed by atoms with Gasteiger partial charge in [-0.15, -0.1) is 0 Å². The molecule has 2 unspecified atom stereocenters. The number of amides is 2. The first-order chi connectivity index (χ1) is 21.5. The summed E-state index contributed by atoms with van der Waals surface area (Å²) in [6, 6.07) is 9.51. The van der Waals surface area contributed by atoms with Crippen molar-refractivity contribution < 1.29 is 38.8 Å². The molecular weight excluding hydrogens is 603 g/mol. The van der Waals surface area contributed by atoms with Gasteiger partial charge in [-0.05, 0) is 64.3 Å². The summed E-state index contributed by atoms with van der Waals surface area (Å²) in [7, 11) is 7.65. The molecule has 2 aromatic rings. The first kappa shape index (κ1) is 38.3. The van der Waals surface area contributed by atoms with Crippen LogP contribution in [0, 0.1) is 12.7 Å². The van der Waals surface area contributed by atoms with Crippen LogP contribution in [0.4, 0.5) is 10.1 Å². The van der Waals surface area contributed by atoms with E-state index in [1.54, 1.807) is 46.9 Å². The van der Waals surface area contributed by atoms with Gasteiger partial charge >= 0.3 is 0 Å². The van der Waals surface area contributed by atoms with Crippen LogP contribution in [0.5, 0.6) is 0 Å². The summed E-state index contributed by atoms with van der Waals surface area (Å²) < 4.78 is 22.6. The Morgan fingerprint density at radius 1 is 1.02 bits per heavy atom. The average molecular weight is 650 g/mol. The van der Waals surface area contributed by atoms with Crippen molar-refractivity contribution in [3.05, 3.63) is 64.5 Å². The van der Waals surface area contributed by atoms with Gasteiger partial charge in [0.25, 0.3) is 5.91 Å². The van der Waals surface area contributed by atoms with Gasteiger partial charge in [-0.3, -0.25) is 9.59 Å². The van der Waals surface area contributed by atoms with Crippen LogP contribution in [-0.4, -0.2) is 112 Å². The Hall–Kier alpha value is -3.16. The summed E-state index contributed by atoms with van der Waals surface area (Å²) in [5, 5.41) is 39.6. The maximum atomic E-state index is 16.5. The number of hydrogen-bond donors (Lipinski definition) is 5. The number of aryl methyl sites for hydroxylation is 1. The number of aliphatic hydroxyl groups is 3. The van der Waals surface area contributed by atoms with E-state index in [4.69, 9.17) is 4.74 Å². The summed E-state index contributed by atoms with van der Waals surface area (Å²) in [5.41, 5.74) is -4.24. The van der Waals surface area contributed by atoms with Crippen LogP contribution in [0.25, 0.3) is 0 Å². The van der Waals surface area contributed by atoms with E-state index < -0.39 is 45.2 Å². The molecule has 11 nitrogen and oxygen atoms in total. The van der Waals surface area contributed by atoms with Crippen molar-refractivity contribution in [2.24, 2.45) is 0 Å². The molecule has 3 rings (SSSR count). The van der Waals surface area contributed by atoms with E-state index in [-0.39, 0.29) is 42.6 Å². The predicted octanol–water partition coefficient (Wildman–Crippen LogP) is -2.14. The molecular formula is C31H47B4FN4O7. The number of nitrogens with zero attached hydrogens (tertiary/aromatic N) is 2. The predicted molar refractivity (Wildman–Crippen MR) is 188 cm³/mol. The van der Waals surface area contributed by atoms with Crippen molar-refractivity contribution in [3.8, 4) is 0 Å². The van der Waals surface area contributed by atoms with Gasteiger partial charge in [0.05, 0.1) is 22.2 Å². The molecule has 1 heterocycles. The lowest BCUT2D eigenvalue weighted by atomic mass is 9.57. The number of likely N-dealkylation sites (N-methyl/N-ethyl adjacent to an activating group) is 1. The maximum Gasteiger partial charge on any atom is 0.256 e. The van der Waals surface area contributed by atoms with Gasteiger partial charge < -0.3 is 40.4 Å². The van der Waals surface area contributed by atoms with Gasteiger partial charge in [0.1, 0.15) is 41.3 Å². The monoisotopic (exact) mass is 650 g/mol. The molecule has 2 aromatic carbocycles. The molecule has 16 heteroatoms. The third-order valence-corrected chi connectivity index (χ3v) is 8.94. The topological polar surface area (TPSA) is 152 Å². The van der Waals surface area contributed by atoms with Crippen LogP contribution in [0.3, 0.4) is 0 Å². The van der Waals surface area contributed by atoms with Crippen molar-refractivity contribution in [1.29, 1.82) is 0 Å². The van der Waals surface area contributed by atoms with E-state index in [1.807, 2.05) is 27.7 Å². The van der Waals surface area contributed by atoms with Crippen LogP contribution in [0.15, 0.2) is 36.4 Å². The van der Waals surface area contributed by atoms with Gasteiger partial charge in [-0.25, -0.2) is 9.29 Å². The molecule has 0 aliphatic carbocycles. The molecule has 2 atom stereocenters. The van der Waals surface area contributed by atoms with Gasteiger partial charge in [0.2, 0.25) is 12.3 Å². The molecule has 0 aromatic heterocycles. The lowest BCUT2D eigenvalue weighted by Crippen LogP contribution is -2.65. The van der Waals surface area contributed by atoms with Crippen LogP contribution >= 0.6 is 0 Å². The van der Waals surface area contributed by atoms with Crippen molar-refractivity contribution in [2.75, 3.05) is 25.5 Å². The summed E-state index contributed by atoms with van der Waals surface area (Å²) in [6.45, 7) is 9.31. The molecule has 1 fully saturated rings. The largest absolute Gasteiger partial charge is 0.391 e. The standard InChI is InChI=1S/C31H47B4FN4O7/c1-19-10-7-13-22(23(19)30(35,44)40(18-42)28(32,14-9-15-41)25(43)37-6)38-29(33,34)20-11-8-12-21(24(20)36)31(45,46)39-16-26(2,3)47-27(4,5)17-39/h7-8,10-13,15,18,38,44-46H,9,14,16-17,32-35H2,1-6H3,(H,37,43). The van der Waals surface area contributed by atoms with Gasteiger partial charge in [-0.2, -0.15) is 0 Å². The normalized spacial score (nSPS) is 19.1. The molecule has 1 aliphatic heterocycles. The lowest BCUT2D eigenvalue weighted by molar-refractivity contribution is -0.322. The number of morpholine rings is 1. The Balaban J connectivity index is 2.11. The average Bonchev–Trinajstić information content (AvgIpc) is 2.93. The van der Waals surface area contributed by atoms with E-state index >= 15 is 4.39 Å². The summed E-state index contributed by atoms with van der Waals surface area (Å²) >= 11 is 0. The molecule has 0 radical (unpaired) electrons. The minimum absolute atomic E-state index is 0.0392. The van der Waals surface area contributed by atoms with Gasteiger partial charge in [0, 0.05) is 43.1 Å². The van der Waals surface area contributed by atoms with Crippen LogP contribution in [0.1, 0.15) is 62.8 Å². The number of carbonyl (C=O) groups excluding carboxylic acids is 3. The zero-order chi connectivity index (χ0) is 35.8. The number of rotatable bonds is 13. The fourth-order valence-corrected chi connectivity index (χ4v) is 7.03. The Kier molecular flexibility index (Phi) is 10.9. The van der Waals surface area contributed by atoms with E-state index in [2.05, 4.69) is 10.6 Å². The molecule has 252 valence electrons. The van der Waals surface area contributed by atoms with E-state index in [0.717, 1.165) is 4.90 Å². The minimum Gasteiger partial charge on any atom is -0.391 e. The maximum absolute atomic E-state index is 16.5. The zero-order valence-electron chi connectivity index (χ0n) is 29.2. The number of anilines is 1. The van der Waals surface area contributed by atoms with Crippen molar-refractivity contribution >= 4 is 55.7 Å². The van der Waals surface area contributed by atoms with Crippen molar-refractivity contribution in [3.63, 3.8) is 0 Å². The number of carbonyl (C=O) groups is 3. The third-order valence-electron chi connectivity index (χ3n) is 8.94. The highest BCUT2D eigenvalue weighted by atomic mass is 19.1. The highest BCUT2D eigenvalue weighted by Crippen LogP contribution is 2.40. The molecule has 47 heavy (non-hydrogen) atoms. The van der Waals surface area contributed by atoms with E-state index in [9.17, 15) is 29.7 Å². The molecule has 1 aliphatic rings. The SMILES string of the molecule is BC(B)(Nc1cccc(C)c1C(B)(O)N(C=O)C(B)(CCC=O)C(=O)NC)c1cccc(C(O)(O)N2CC(C)(C)OC(C)(C)C2)c1F. The fraction of sp³-hybridized carbons (Fsp3) is 0.516. The Morgan fingerprint density at radius 2 is 1.57 bits per heavy atom. The van der Waals surface area contributed by atoms with Crippen LogP contribution < -0.4 is 10.6 Å². The molecule has 2 amide bonds. The van der Waals surface area contributed by atoms with E-state index in [0.29, 0.717) is 23.9 Å². The lowest BCUT2D eigenvalue weighted by Gasteiger charge is -2.50. The first-order valence-corrected chi connectivity index (χ1v) is 15.7. The Labute approximate surface area is 280 Å². The highest BCUT2D eigenvalue weighted by Gasteiger charge is 2.49. The second-order valence-corrected chi connectivity index (χ2v) is 14.6. The Bertz CT molecular complexity index is 1490. The first-order valence-electron chi connectivity index (χ1n) is 15.7. The van der Waals surface area contributed by atoms with Crippen LogP contribution in [-0.2, 0) is 36.0 Å². The molecule has 0 bridgehead atoms. The minimum atomic E-state index is -2.66. The second-order valence-electron chi connectivity index (χ2n) is 14.6. The van der Waals surface area contributed by atoms with Gasteiger partial charge in [0.15, 0.2) is 7.85 Å². The van der Waals surface area contributed by atoms with Crippen molar-refractivity contribution in [1.82, 2.24) is 15.1 Å². The number of aldehydes is 1. The molecule has 0 saturated carbocycles. The third kappa shape index (κ3) is 7.62. The zero-order valence-corrected chi connectivity index (χ0v) is 29.2. The molecule has 5 N–H and O–H groups in total. The van der Waals surface area contributed by atoms with Gasteiger partial charge in [-0.1, -0.05) is 24.3 Å². The fourth-order valence-electron chi connectivity index (χ4n) is 7.03. The van der Waals surface area contributed by atoms with Crippen molar-refractivity contribution in [2.45, 2.75) is 81.0 Å². The summed E-state index contributed by atoms with van der Waals surface area (Å²) in [4.78, 5) is 39.4. The number of benzene rings is 2. The molecule has 1 saturated heterocycles. The smallest absolute Gasteiger partial charge is 0.256 e. The summed E-state index contributed by atoms with van der Waals surface area (Å²) in [6.07, 6.45) is 0.924. The number of hydrogen-bond acceptors (Lipinski definition) is 9. The van der Waals surface area contributed by atoms with E-state index in [1.165, 1.54) is 39.8 Å². The van der Waals surface area contributed by atoms with Crippen LogP contribution in [0.2, 0.25) is 0 Å². The number of ether oxygens (including phenoxy) is 1. The Morgan fingerprint density at radius 3 is 2.11 bits per heavy atom.